The van der Waals surface area contributed by atoms with Crippen LogP contribution in [0, 0.1) is 0 Å². The van der Waals surface area contributed by atoms with Crippen LogP contribution in [-0.2, 0) is 6.42 Å². The lowest BCUT2D eigenvalue weighted by atomic mass is 10.3. The molecule has 0 aliphatic rings. The number of nitrogens with one attached hydrogen (secondary N) is 2. The molecule has 0 bridgehead atoms. The van der Waals surface area contributed by atoms with Gasteiger partial charge in [0.1, 0.15) is 10.6 Å². The topological polar surface area (TPSA) is 66.5 Å². The lowest BCUT2D eigenvalue weighted by Gasteiger charge is -2.06. The first-order valence-corrected chi connectivity index (χ1v) is 6.70. The van der Waals surface area contributed by atoms with E-state index in [4.69, 9.17) is 11.6 Å². The molecule has 0 amide bonds. The highest BCUT2D eigenvalue weighted by atomic mass is 35.5. The fourth-order valence-corrected chi connectivity index (χ4v) is 2.68. The van der Waals surface area contributed by atoms with Crippen molar-refractivity contribution in [1.29, 1.82) is 0 Å². The van der Waals surface area contributed by atoms with Gasteiger partial charge in [-0.15, -0.1) is 11.3 Å². The maximum absolute atomic E-state index is 5.89. The normalized spacial score (nSPS) is 10.9. The van der Waals surface area contributed by atoms with Crippen LogP contribution >= 0.6 is 22.9 Å². The first-order chi connectivity index (χ1) is 8.83. The summed E-state index contributed by atoms with van der Waals surface area (Å²) in [6.07, 6.45) is 4.34. The van der Waals surface area contributed by atoms with E-state index >= 15 is 0 Å². The molecule has 3 aromatic heterocycles. The largest absolute Gasteiger partial charge is 0.369 e. The van der Waals surface area contributed by atoms with Crippen LogP contribution in [0.15, 0.2) is 24.0 Å². The lowest BCUT2D eigenvalue weighted by molar-refractivity contribution is 0.969. The second-order valence-corrected chi connectivity index (χ2v) is 4.97. The van der Waals surface area contributed by atoms with Crippen LogP contribution in [0.2, 0.25) is 5.28 Å². The number of anilines is 1. The number of H-pyrrole nitrogens is 1. The summed E-state index contributed by atoms with van der Waals surface area (Å²) < 4.78 is 0. The number of nitrogens with zero attached hydrogens (tertiary/aromatic N) is 3. The van der Waals surface area contributed by atoms with Crippen LogP contribution < -0.4 is 5.32 Å². The molecule has 0 radical (unpaired) electrons. The molecule has 2 N–H and O–H groups in total. The van der Waals surface area contributed by atoms with E-state index in [1.807, 2.05) is 17.6 Å². The van der Waals surface area contributed by atoms with Gasteiger partial charge in [-0.2, -0.15) is 0 Å². The van der Waals surface area contributed by atoms with Gasteiger partial charge in [-0.1, -0.05) is 0 Å². The zero-order chi connectivity index (χ0) is 12.4. The SMILES string of the molecule is Clc1nc(NCCc2cnc[nH]2)c2ccsc2n1. The minimum atomic E-state index is 0.272. The molecule has 3 heterocycles. The molecule has 0 fully saturated rings. The third kappa shape index (κ3) is 2.30. The number of aromatic nitrogens is 4. The number of fused-ring (bicyclic) bond motifs is 1. The van der Waals surface area contributed by atoms with Gasteiger partial charge in [-0.05, 0) is 23.0 Å². The predicted molar refractivity (Wildman–Crippen MR) is 73.2 cm³/mol. The molecule has 3 rings (SSSR count). The zero-order valence-corrected chi connectivity index (χ0v) is 10.9. The third-order valence-corrected chi connectivity index (χ3v) is 3.52. The van der Waals surface area contributed by atoms with Crippen molar-refractivity contribution in [2.45, 2.75) is 6.42 Å². The van der Waals surface area contributed by atoms with Crippen molar-refractivity contribution in [3.8, 4) is 0 Å². The van der Waals surface area contributed by atoms with Crippen LogP contribution in [0.25, 0.3) is 10.2 Å². The number of hydrogen-bond acceptors (Lipinski definition) is 5. The Kier molecular flexibility index (Phi) is 3.12. The van der Waals surface area contributed by atoms with Crippen LogP contribution in [0.4, 0.5) is 5.82 Å². The van der Waals surface area contributed by atoms with Crippen molar-refractivity contribution in [3.63, 3.8) is 0 Å². The maximum atomic E-state index is 5.89. The molecular weight excluding hydrogens is 270 g/mol. The standard InChI is InChI=1S/C11H10ClN5S/c12-11-16-9(8-2-4-18-10(8)17-11)14-3-1-7-5-13-6-15-7/h2,4-6H,1,3H2,(H,13,15)(H,14,16,17). The summed E-state index contributed by atoms with van der Waals surface area (Å²) >= 11 is 7.44. The predicted octanol–water partition coefficient (Wildman–Crippen LogP) is 2.72. The molecule has 0 saturated heterocycles. The van der Waals surface area contributed by atoms with E-state index in [1.54, 1.807) is 17.7 Å². The van der Waals surface area contributed by atoms with E-state index in [-0.39, 0.29) is 5.28 Å². The van der Waals surface area contributed by atoms with Gasteiger partial charge in [-0.25, -0.2) is 15.0 Å². The molecular formula is C11H10ClN5S. The molecule has 18 heavy (non-hydrogen) atoms. The molecule has 0 saturated carbocycles. The Balaban J connectivity index is 1.75. The quantitative estimate of drug-likeness (QED) is 0.721. The van der Waals surface area contributed by atoms with Gasteiger partial charge in [0.15, 0.2) is 0 Å². The fourth-order valence-electron chi connectivity index (χ4n) is 1.70. The van der Waals surface area contributed by atoms with Crippen molar-refractivity contribution in [2.75, 3.05) is 11.9 Å². The average Bonchev–Trinajstić information content (AvgIpc) is 2.98. The summed E-state index contributed by atoms with van der Waals surface area (Å²) in [7, 11) is 0. The Hall–Kier alpha value is -1.66. The van der Waals surface area contributed by atoms with Crippen molar-refractivity contribution < 1.29 is 0 Å². The zero-order valence-electron chi connectivity index (χ0n) is 9.35. The van der Waals surface area contributed by atoms with E-state index in [2.05, 4.69) is 25.3 Å². The van der Waals surface area contributed by atoms with E-state index in [9.17, 15) is 0 Å². The van der Waals surface area contributed by atoms with E-state index in [0.717, 1.165) is 34.7 Å². The molecule has 7 heteroatoms. The Morgan fingerprint density at radius 3 is 3.17 bits per heavy atom. The Morgan fingerprint density at radius 1 is 1.39 bits per heavy atom. The molecule has 0 spiro atoms. The molecule has 92 valence electrons. The number of rotatable bonds is 4. The van der Waals surface area contributed by atoms with E-state index < -0.39 is 0 Å². The summed E-state index contributed by atoms with van der Waals surface area (Å²) in [5.74, 6) is 0.783. The minimum Gasteiger partial charge on any atom is -0.369 e. The van der Waals surface area contributed by atoms with Gasteiger partial charge in [0.05, 0.1) is 11.7 Å². The molecule has 0 aromatic carbocycles. The van der Waals surface area contributed by atoms with Gasteiger partial charge in [0.2, 0.25) is 5.28 Å². The van der Waals surface area contributed by atoms with Crippen LogP contribution in [0.5, 0.6) is 0 Å². The van der Waals surface area contributed by atoms with Gasteiger partial charge in [0, 0.05) is 24.9 Å². The molecule has 3 aromatic rings. The van der Waals surface area contributed by atoms with E-state index in [0.29, 0.717) is 0 Å². The third-order valence-electron chi connectivity index (χ3n) is 2.54. The second-order valence-electron chi connectivity index (χ2n) is 3.73. The first kappa shape index (κ1) is 11.4. The highest BCUT2D eigenvalue weighted by Crippen LogP contribution is 2.26. The molecule has 0 atom stereocenters. The van der Waals surface area contributed by atoms with Gasteiger partial charge < -0.3 is 10.3 Å². The minimum absolute atomic E-state index is 0.272. The number of halogens is 1. The summed E-state index contributed by atoms with van der Waals surface area (Å²) in [5, 5.41) is 6.54. The smallest absolute Gasteiger partial charge is 0.225 e. The Labute approximate surface area is 112 Å². The molecule has 0 aliphatic heterocycles. The summed E-state index contributed by atoms with van der Waals surface area (Å²) in [6.45, 7) is 0.764. The highest BCUT2D eigenvalue weighted by Gasteiger charge is 2.07. The summed E-state index contributed by atoms with van der Waals surface area (Å²) in [4.78, 5) is 16.3. The number of hydrogen-bond donors (Lipinski definition) is 2. The Bertz CT molecular complexity index is 649. The fraction of sp³-hybridized carbons (Fsp3) is 0.182. The van der Waals surface area contributed by atoms with Crippen LogP contribution in [-0.4, -0.2) is 26.5 Å². The van der Waals surface area contributed by atoms with Crippen molar-refractivity contribution in [1.82, 2.24) is 19.9 Å². The Morgan fingerprint density at radius 2 is 2.33 bits per heavy atom. The monoisotopic (exact) mass is 279 g/mol. The van der Waals surface area contributed by atoms with Crippen molar-refractivity contribution in [2.24, 2.45) is 0 Å². The number of imidazole rings is 1. The van der Waals surface area contributed by atoms with Gasteiger partial charge in [0.25, 0.3) is 0 Å². The highest BCUT2D eigenvalue weighted by molar-refractivity contribution is 7.16. The summed E-state index contributed by atoms with van der Waals surface area (Å²) in [5.41, 5.74) is 1.09. The van der Waals surface area contributed by atoms with Gasteiger partial charge in [-0.3, -0.25) is 0 Å². The van der Waals surface area contributed by atoms with Crippen molar-refractivity contribution >= 4 is 39.0 Å². The molecule has 5 nitrogen and oxygen atoms in total. The maximum Gasteiger partial charge on any atom is 0.225 e. The molecule has 0 aliphatic carbocycles. The number of aromatic amines is 1. The second kappa shape index (κ2) is 4.91. The van der Waals surface area contributed by atoms with E-state index in [1.165, 1.54) is 0 Å². The van der Waals surface area contributed by atoms with Crippen LogP contribution in [0.1, 0.15) is 5.69 Å². The molecule has 0 unspecified atom stereocenters. The average molecular weight is 280 g/mol. The first-order valence-electron chi connectivity index (χ1n) is 5.45. The van der Waals surface area contributed by atoms with Crippen molar-refractivity contribution in [3.05, 3.63) is 34.9 Å². The van der Waals surface area contributed by atoms with Gasteiger partial charge >= 0.3 is 0 Å². The number of thiophene rings is 1. The lowest BCUT2D eigenvalue weighted by Crippen LogP contribution is -2.07. The summed E-state index contributed by atoms with van der Waals surface area (Å²) in [6, 6.07) is 1.99. The van der Waals surface area contributed by atoms with Crippen LogP contribution in [0.3, 0.4) is 0 Å².